The number of aliphatic hydroxyl groups excluding tert-OH is 2. The van der Waals surface area contributed by atoms with Gasteiger partial charge in [0.05, 0.1) is 6.61 Å². The van der Waals surface area contributed by atoms with Gasteiger partial charge in [0.25, 0.3) is 10.1 Å². The standard InChI is InChI=1S/C6H10F2O6S/c7-6(8)4(2-15(11,12)13)14-3(1-9)5(6)10/h3-5,9-10H,1-2H2,(H,11,12,13)/t3-,4+,5-/m1/s1. The Morgan fingerprint density at radius 2 is 1.93 bits per heavy atom. The van der Waals surface area contributed by atoms with Crippen LogP contribution in [0.3, 0.4) is 0 Å². The molecule has 0 aliphatic carbocycles. The van der Waals surface area contributed by atoms with Gasteiger partial charge in [-0.2, -0.15) is 8.42 Å². The normalized spacial score (nSPS) is 35.7. The highest BCUT2D eigenvalue weighted by Crippen LogP contribution is 2.36. The van der Waals surface area contributed by atoms with E-state index in [9.17, 15) is 17.2 Å². The Hall–Kier alpha value is -0.350. The van der Waals surface area contributed by atoms with E-state index in [0.717, 1.165) is 0 Å². The Morgan fingerprint density at radius 3 is 2.27 bits per heavy atom. The summed E-state index contributed by atoms with van der Waals surface area (Å²) in [5, 5.41) is 17.5. The molecule has 0 bridgehead atoms. The van der Waals surface area contributed by atoms with Gasteiger partial charge in [0.2, 0.25) is 0 Å². The van der Waals surface area contributed by atoms with Crippen molar-refractivity contribution in [2.24, 2.45) is 0 Å². The van der Waals surface area contributed by atoms with Crippen LogP contribution in [0.5, 0.6) is 0 Å². The maximum absolute atomic E-state index is 13.1. The molecule has 1 aliphatic rings. The first-order valence-electron chi connectivity index (χ1n) is 3.96. The lowest BCUT2D eigenvalue weighted by molar-refractivity contribution is -0.105. The minimum absolute atomic E-state index is 0.862. The van der Waals surface area contributed by atoms with Gasteiger partial charge >= 0.3 is 5.92 Å². The van der Waals surface area contributed by atoms with Crippen LogP contribution >= 0.6 is 0 Å². The maximum atomic E-state index is 13.1. The van der Waals surface area contributed by atoms with Crippen molar-refractivity contribution >= 4 is 10.1 Å². The zero-order valence-corrected chi connectivity index (χ0v) is 8.19. The number of hydrogen-bond acceptors (Lipinski definition) is 5. The second-order valence-corrected chi connectivity index (χ2v) is 4.71. The average molecular weight is 248 g/mol. The Morgan fingerprint density at radius 1 is 1.40 bits per heavy atom. The summed E-state index contributed by atoms with van der Waals surface area (Å²) in [6.07, 6.45) is -5.99. The molecule has 0 radical (unpaired) electrons. The van der Waals surface area contributed by atoms with Gasteiger partial charge < -0.3 is 14.9 Å². The third-order valence-electron chi connectivity index (χ3n) is 2.06. The summed E-state index contributed by atoms with van der Waals surface area (Å²) in [7, 11) is -4.63. The van der Waals surface area contributed by atoms with Crippen molar-refractivity contribution in [2.45, 2.75) is 24.2 Å². The van der Waals surface area contributed by atoms with Gasteiger partial charge in [-0.05, 0) is 0 Å². The SMILES string of the molecule is O=S(=O)(O)C[C@@H]1O[C@H](CO)[C@@H](O)C1(F)F. The van der Waals surface area contributed by atoms with Crippen molar-refractivity contribution in [3.05, 3.63) is 0 Å². The van der Waals surface area contributed by atoms with Crippen molar-refractivity contribution in [2.75, 3.05) is 12.4 Å². The van der Waals surface area contributed by atoms with Gasteiger partial charge in [0.1, 0.15) is 24.1 Å². The van der Waals surface area contributed by atoms with Gasteiger partial charge in [0, 0.05) is 0 Å². The van der Waals surface area contributed by atoms with Crippen molar-refractivity contribution in [1.82, 2.24) is 0 Å². The van der Waals surface area contributed by atoms with Gasteiger partial charge in [-0.1, -0.05) is 0 Å². The number of alkyl halides is 2. The molecule has 0 aromatic heterocycles. The molecule has 9 heteroatoms. The Kier molecular flexibility index (Phi) is 3.31. The number of halogens is 2. The molecule has 1 rings (SSSR count). The van der Waals surface area contributed by atoms with E-state index >= 15 is 0 Å². The van der Waals surface area contributed by atoms with Crippen molar-refractivity contribution in [3.8, 4) is 0 Å². The summed E-state index contributed by atoms with van der Waals surface area (Å²) in [5.74, 6) is -5.14. The van der Waals surface area contributed by atoms with E-state index in [4.69, 9.17) is 14.8 Å². The Balaban J connectivity index is 2.84. The smallest absolute Gasteiger partial charge is 0.302 e. The lowest BCUT2D eigenvalue weighted by Gasteiger charge is -2.18. The summed E-state index contributed by atoms with van der Waals surface area (Å²) >= 11 is 0. The Labute approximate surface area is 84.2 Å². The van der Waals surface area contributed by atoms with E-state index in [1.807, 2.05) is 0 Å². The van der Waals surface area contributed by atoms with Crippen LogP contribution in [0.15, 0.2) is 0 Å². The zero-order chi connectivity index (χ0) is 11.9. The molecular formula is C6H10F2O6S. The predicted molar refractivity (Wildman–Crippen MR) is 43.1 cm³/mol. The van der Waals surface area contributed by atoms with E-state index < -0.39 is 46.7 Å². The van der Waals surface area contributed by atoms with Crippen LogP contribution in [0.25, 0.3) is 0 Å². The van der Waals surface area contributed by atoms with Gasteiger partial charge in [-0.15, -0.1) is 0 Å². The lowest BCUT2D eigenvalue weighted by Crippen LogP contribution is -2.43. The molecule has 1 aliphatic heterocycles. The van der Waals surface area contributed by atoms with Crippen LogP contribution in [0, 0.1) is 0 Å². The first-order valence-corrected chi connectivity index (χ1v) is 5.56. The first kappa shape index (κ1) is 12.7. The molecule has 0 amide bonds. The molecule has 0 saturated carbocycles. The van der Waals surface area contributed by atoms with Crippen molar-refractivity contribution in [3.63, 3.8) is 0 Å². The molecule has 0 aromatic rings. The topological polar surface area (TPSA) is 104 Å². The lowest BCUT2D eigenvalue weighted by atomic mass is 10.1. The van der Waals surface area contributed by atoms with Crippen LogP contribution < -0.4 is 0 Å². The monoisotopic (exact) mass is 248 g/mol. The summed E-state index contributed by atoms with van der Waals surface area (Å²) < 4.78 is 59.8. The quantitative estimate of drug-likeness (QED) is 0.532. The third kappa shape index (κ3) is 2.61. The molecule has 90 valence electrons. The highest BCUT2D eigenvalue weighted by molar-refractivity contribution is 7.85. The van der Waals surface area contributed by atoms with E-state index in [-0.39, 0.29) is 0 Å². The summed E-state index contributed by atoms with van der Waals surface area (Å²) in [6, 6.07) is 0. The summed E-state index contributed by atoms with van der Waals surface area (Å²) in [6.45, 7) is -0.862. The van der Waals surface area contributed by atoms with E-state index in [0.29, 0.717) is 0 Å². The van der Waals surface area contributed by atoms with Gasteiger partial charge in [-0.3, -0.25) is 4.55 Å². The fourth-order valence-corrected chi connectivity index (χ4v) is 1.98. The number of hydrogen-bond donors (Lipinski definition) is 3. The van der Waals surface area contributed by atoms with E-state index in [1.54, 1.807) is 0 Å². The zero-order valence-electron chi connectivity index (χ0n) is 7.38. The number of rotatable bonds is 3. The third-order valence-corrected chi connectivity index (χ3v) is 2.78. The number of aliphatic hydroxyl groups is 2. The van der Waals surface area contributed by atoms with Crippen molar-refractivity contribution in [1.29, 1.82) is 0 Å². The molecule has 3 atom stereocenters. The molecule has 1 heterocycles. The molecule has 6 nitrogen and oxygen atoms in total. The molecule has 1 saturated heterocycles. The summed E-state index contributed by atoms with van der Waals surface area (Å²) in [4.78, 5) is 0. The predicted octanol–water partition coefficient (Wildman–Crippen LogP) is -1.37. The van der Waals surface area contributed by atoms with Crippen LogP contribution in [-0.2, 0) is 14.9 Å². The number of ether oxygens (including phenoxy) is 1. The van der Waals surface area contributed by atoms with Crippen LogP contribution in [0.2, 0.25) is 0 Å². The molecule has 3 N–H and O–H groups in total. The van der Waals surface area contributed by atoms with Crippen LogP contribution in [0.1, 0.15) is 0 Å². The Bertz CT molecular complexity index is 329. The van der Waals surface area contributed by atoms with Gasteiger partial charge in [-0.25, -0.2) is 8.78 Å². The molecule has 0 unspecified atom stereocenters. The maximum Gasteiger partial charge on any atom is 0.302 e. The average Bonchev–Trinajstić information content (AvgIpc) is 2.26. The van der Waals surface area contributed by atoms with E-state index in [1.165, 1.54) is 0 Å². The van der Waals surface area contributed by atoms with Crippen LogP contribution in [0.4, 0.5) is 8.78 Å². The van der Waals surface area contributed by atoms with E-state index in [2.05, 4.69) is 4.74 Å². The first-order chi connectivity index (χ1) is 6.68. The fraction of sp³-hybridized carbons (Fsp3) is 1.00. The molecular weight excluding hydrogens is 238 g/mol. The second kappa shape index (κ2) is 3.91. The molecule has 15 heavy (non-hydrogen) atoms. The second-order valence-electron chi connectivity index (χ2n) is 3.21. The molecule has 0 aromatic carbocycles. The largest absolute Gasteiger partial charge is 0.394 e. The van der Waals surface area contributed by atoms with Crippen LogP contribution in [-0.4, -0.2) is 59.8 Å². The highest BCUT2D eigenvalue weighted by Gasteiger charge is 2.59. The molecule has 1 fully saturated rings. The van der Waals surface area contributed by atoms with Gasteiger partial charge in [0.15, 0.2) is 0 Å². The minimum Gasteiger partial charge on any atom is -0.394 e. The molecule has 0 spiro atoms. The highest BCUT2D eigenvalue weighted by atomic mass is 32.2. The summed E-state index contributed by atoms with van der Waals surface area (Å²) in [5.41, 5.74) is 0. The minimum atomic E-state index is -4.63. The van der Waals surface area contributed by atoms with Crippen molar-refractivity contribution < 1.29 is 36.7 Å². The fourth-order valence-electron chi connectivity index (χ4n) is 1.30.